The molecule has 0 spiro atoms. The molecule has 0 bridgehead atoms. The Balaban J connectivity index is 2.28. The molecule has 1 aromatic rings. The minimum atomic E-state index is 0.884. The molecule has 3 nitrogen and oxygen atoms in total. The van der Waals surface area contributed by atoms with Crippen LogP contribution in [0.2, 0.25) is 0 Å². The minimum Gasteiger partial charge on any atom is -0.315 e. The molecule has 0 fully saturated rings. The number of hydrogen-bond acceptors (Lipinski definition) is 3. The molecular formula is C12H20BrN3. The van der Waals surface area contributed by atoms with E-state index in [0.717, 1.165) is 36.3 Å². The van der Waals surface area contributed by atoms with Gasteiger partial charge in [-0.2, -0.15) is 0 Å². The predicted molar refractivity (Wildman–Crippen MR) is 71.4 cm³/mol. The van der Waals surface area contributed by atoms with Gasteiger partial charge in [0.2, 0.25) is 0 Å². The van der Waals surface area contributed by atoms with E-state index in [-0.39, 0.29) is 0 Å². The van der Waals surface area contributed by atoms with E-state index in [4.69, 9.17) is 0 Å². The number of likely N-dealkylation sites (N-methyl/N-ethyl adjacent to an activating group) is 1. The van der Waals surface area contributed by atoms with Crippen molar-refractivity contribution >= 4 is 15.9 Å². The van der Waals surface area contributed by atoms with Crippen LogP contribution in [0.4, 0.5) is 0 Å². The third-order valence-corrected chi connectivity index (χ3v) is 3.07. The second-order valence-electron chi connectivity index (χ2n) is 3.92. The molecule has 0 atom stereocenters. The molecule has 16 heavy (non-hydrogen) atoms. The zero-order chi connectivity index (χ0) is 11.8. The van der Waals surface area contributed by atoms with E-state index in [2.05, 4.69) is 45.1 Å². The molecule has 0 aliphatic rings. The van der Waals surface area contributed by atoms with Crippen molar-refractivity contribution in [2.75, 3.05) is 26.7 Å². The van der Waals surface area contributed by atoms with Crippen molar-refractivity contribution in [1.29, 1.82) is 0 Å². The summed E-state index contributed by atoms with van der Waals surface area (Å²) in [5, 5.41) is 3.39. The highest BCUT2D eigenvalue weighted by Gasteiger charge is 2.04. The fourth-order valence-corrected chi connectivity index (χ4v) is 1.82. The first-order valence-electron chi connectivity index (χ1n) is 5.72. The van der Waals surface area contributed by atoms with Crippen molar-refractivity contribution in [3.63, 3.8) is 0 Å². The quantitative estimate of drug-likeness (QED) is 0.779. The lowest BCUT2D eigenvalue weighted by Gasteiger charge is -2.16. The van der Waals surface area contributed by atoms with Gasteiger partial charge >= 0.3 is 0 Å². The third-order valence-electron chi connectivity index (χ3n) is 2.35. The Morgan fingerprint density at radius 3 is 2.94 bits per heavy atom. The Labute approximate surface area is 106 Å². The van der Waals surface area contributed by atoms with Gasteiger partial charge in [0, 0.05) is 30.3 Å². The van der Waals surface area contributed by atoms with Crippen molar-refractivity contribution in [3.05, 3.63) is 28.5 Å². The highest BCUT2D eigenvalue weighted by molar-refractivity contribution is 9.10. The summed E-state index contributed by atoms with van der Waals surface area (Å²) >= 11 is 3.51. The third kappa shape index (κ3) is 5.05. The second-order valence-corrected chi connectivity index (χ2v) is 4.77. The number of nitrogens with zero attached hydrogens (tertiary/aromatic N) is 2. The summed E-state index contributed by atoms with van der Waals surface area (Å²) in [4.78, 5) is 6.63. The molecule has 90 valence electrons. The molecule has 0 unspecified atom stereocenters. The van der Waals surface area contributed by atoms with Crippen LogP contribution in [-0.4, -0.2) is 36.6 Å². The van der Waals surface area contributed by atoms with Gasteiger partial charge in [0.1, 0.15) is 0 Å². The van der Waals surface area contributed by atoms with Crippen LogP contribution in [0.25, 0.3) is 0 Å². The van der Waals surface area contributed by atoms with Gasteiger partial charge in [-0.15, -0.1) is 0 Å². The standard InChI is InChI=1S/C12H20BrN3/c1-3-6-14-8-9-16(2)10-12-11(13)5-4-7-15-12/h4-5,7,14H,3,6,8-10H2,1-2H3. The average molecular weight is 286 g/mol. The number of nitrogens with one attached hydrogen (secondary N) is 1. The van der Waals surface area contributed by atoms with Crippen LogP contribution in [-0.2, 0) is 6.54 Å². The normalized spacial score (nSPS) is 11.0. The Bertz CT molecular complexity index is 304. The summed E-state index contributed by atoms with van der Waals surface area (Å²) in [6.45, 7) is 6.25. The fourth-order valence-electron chi connectivity index (χ4n) is 1.44. The van der Waals surface area contributed by atoms with Gasteiger partial charge in [0.05, 0.1) is 5.69 Å². The second kappa shape index (κ2) is 7.76. The molecule has 0 saturated carbocycles. The lowest BCUT2D eigenvalue weighted by atomic mass is 10.3. The number of hydrogen-bond donors (Lipinski definition) is 1. The van der Waals surface area contributed by atoms with Crippen molar-refractivity contribution in [2.45, 2.75) is 19.9 Å². The fraction of sp³-hybridized carbons (Fsp3) is 0.583. The topological polar surface area (TPSA) is 28.2 Å². The number of aromatic nitrogens is 1. The van der Waals surface area contributed by atoms with Gasteiger partial charge in [0.15, 0.2) is 0 Å². The molecule has 0 aliphatic carbocycles. The monoisotopic (exact) mass is 285 g/mol. The van der Waals surface area contributed by atoms with Gasteiger partial charge in [0.25, 0.3) is 0 Å². The molecule has 4 heteroatoms. The highest BCUT2D eigenvalue weighted by Crippen LogP contribution is 2.14. The Kier molecular flexibility index (Phi) is 6.61. The molecule has 1 rings (SSSR count). The summed E-state index contributed by atoms with van der Waals surface area (Å²) < 4.78 is 1.09. The van der Waals surface area contributed by atoms with Crippen molar-refractivity contribution in [1.82, 2.24) is 15.2 Å². The van der Waals surface area contributed by atoms with Gasteiger partial charge in [-0.3, -0.25) is 9.88 Å². The maximum absolute atomic E-state index is 4.35. The van der Waals surface area contributed by atoms with Crippen LogP contribution in [0.3, 0.4) is 0 Å². The Morgan fingerprint density at radius 1 is 1.44 bits per heavy atom. The summed E-state index contributed by atoms with van der Waals surface area (Å²) in [6.07, 6.45) is 3.03. The van der Waals surface area contributed by atoms with Gasteiger partial charge in [-0.1, -0.05) is 6.92 Å². The molecule has 1 heterocycles. The van der Waals surface area contributed by atoms with E-state index in [1.807, 2.05) is 18.3 Å². The first kappa shape index (κ1) is 13.6. The van der Waals surface area contributed by atoms with Crippen molar-refractivity contribution < 1.29 is 0 Å². The molecule has 1 aromatic heterocycles. The molecule has 0 aromatic carbocycles. The molecule has 0 radical (unpaired) electrons. The van der Waals surface area contributed by atoms with E-state index < -0.39 is 0 Å². The van der Waals surface area contributed by atoms with Crippen LogP contribution < -0.4 is 5.32 Å². The molecule has 0 aliphatic heterocycles. The first-order chi connectivity index (χ1) is 7.74. The number of rotatable bonds is 7. The minimum absolute atomic E-state index is 0.884. The van der Waals surface area contributed by atoms with Crippen LogP contribution >= 0.6 is 15.9 Å². The lowest BCUT2D eigenvalue weighted by molar-refractivity contribution is 0.320. The number of halogens is 1. The molecular weight excluding hydrogens is 266 g/mol. The van der Waals surface area contributed by atoms with Crippen LogP contribution in [0.1, 0.15) is 19.0 Å². The zero-order valence-electron chi connectivity index (χ0n) is 10.0. The summed E-state index contributed by atoms with van der Waals surface area (Å²) in [6, 6.07) is 3.97. The summed E-state index contributed by atoms with van der Waals surface area (Å²) in [7, 11) is 2.12. The molecule has 1 N–H and O–H groups in total. The van der Waals surface area contributed by atoms with Crippen LogP contribution in [0.5, 0.6) is 0 Å². The predicted octanol–water partition coefficient (Wildman–Crippen LogP) is 2.28. The Hall–Kier alpha value is -0.450. The maximum atomic E-state index is 4.35. The molecule has 0 saturated heterocycles. The van der Waals surface area contributed by atoms with Crippen molar-refractivity contribution in [3.8, 4) is 0 Å². The van der Waals surface area contributed by atoms with Gasteiger partial charge in [-0.05, 0) is 48.1 Å². The first-order valence-corrected chi connectivity index (χ1v) is 6.52. The molecule has 0 amide bonds. The maximum Gasteiger partial charge on any atom is 0.0685 e. The van der Waals surface area contributed by atoms with Crippen LogP contribution in [0.15, 0.2) is 22.8 Å². The van der Waals surface area contributed by atoms with E-state index in [0.29, 0.717) is 0 Å². The smallest absolute Gasteiger partial charge is 0.0685 e. The van der Waals surface area contributed by atoms with E-state index in [9.17, 15) is 0 Å². The highest BCUT2D eigenvalue weighted by atomic mass is 79.9. The van der Waals surface area contributed by atoms with E-state index >= 15 is 0 Å². The van der Waals surface area contributed by atoms with E-state index in [1.165, 1.54) is 6.42 Å². The van der Waals surface area contributed by atoms with Crippen LogP contribution in [0, 0.1) is 0 Å². The summed E-state index contributed by atoms with van der Waals surface area (Å²) in [5.74, 6) is 0. The SMILES string of the molecule is CCCNCCN(C)Cc1ncccc1Br. The van der Waals surface area contributed by atoms with Gasteiger partial charge in [-0.25, -0.2) is 0 Å². The average Bonchev–Trinajstić information content (AvgIpc) is 2.28. The van der Waals surface area contributed by atoms with Crippen molar-refractivity contribution in [2.24, 2.45) is 0 Å². The summed E-state index contributed by atoms with van der Waals surface area (Å²) in [5.41, 5.74) is 1.10. The van der Waals surface area contributed by atoms with Gasteiger partial charge < -0.3 is 5.32 Å². The zero-order valence-corrected chi connectivity index (χ0v) is 11.6. The number of pyridine rings is 1. The van der Waals surface area contributed by atoms with E-state index in [1.54, 1.807) is 0 Å². The largest absolute Gasteiger partial charge is 0.315 e. The lowest BCUT2D eigenvalue weighted by Crippen LogP contribution is -2.29. The Morgan fingerprint density at radius 2 is 2.25 bits per heavy atom.